The standard InChI is InChI=1S/C11H13F3N2O/c12-11(13,14)9-3-1-2-7(5-9)4-8(6-15)10(16)17/h1-3,5,8H,4,6,15H2,(H2,16,17). The van der Waals surface area contributed by atoms with Gasteiger partial charge >= 0.3 is 6.18 Å². The van der Waals surface area contributed by atoms with E-state index in [-0.39, 0.29) is 13.0 Å². The molecule has 94 valence electrons. The SMILES string of the molecule is NCC(Cc1cccc(C(F)(F)F)c1)C(N)=O. The van der Waals surface area contributed by atoms with E-state index < -0.39 is 23.6 Å². The quantitative estimate of drug-likeness (QED) is 0.840. The van der Waals surface area contributed by atoms with Crippen LogP contribution in [0.15, 0.2) is 24.3 Å². The van der Waals surface area contributed by atoms with Crippen LogP contribution in [0.2, 0.25) is 0 Å². The molecular weight excluding hydrogens is 233 g/mol. The molecule has 1 amide bonds. The number of hydrogen-bond donors (Lipinski definition) is 2. The Labute approximate surface area is 96.6 Å². The van der Waals surface area contributed by atoms with E-state index in [0.717, 1.165) is 12.1 Å². The molecule has 0 fully saturated rings. The topological polar surface area (TPSA) is 69.1 Å². The van der Waals surface area contributed by atoms with Gasteiger partial charge in [-0.05, 0) is 18.1 Å². The van der Waals surface area contributed by atoms with Gasteiger partial charge in [0.25, 0.3) is 0 Å². The van der Waals surface area contributed by atoms with Gasteiger partial charge in [0.1, 0.15) is 0 Å². The van der Waals surface area contributed by atoms with Crippen molar-refractivity contribution in [1.82, 2.24) is 0 Å². The molecule has 0 aromatic heterocycles. The zero-order chi connectivity index (χ0) is 13.1. The molecule has 0 aliphatic carbocycles. The monoisotopic (exact) mass is 246 g/mol. The first-order valence-electron chi connectivity index (χ1n) is 5.00. The summed E-state index contributed by atoms with van der Waals surface area (Å²) in [5.74, 6) is -1.25. The lowest BCUT2D eigenvalue weighted by molar-refractivity contribution is -0.137. The highest BCUT2D eigenvalue weighted by molar-refractivity contribution is 5.77. The Morgan fingerprint density at radius 1 is 1.35 bits per heavy atom. The number of rotatable bonds is 4. The van der Waals surface area contributed by atoms with Gasteiger partial charge in [-0.15, -0.1) is 0 Å². The summed E-state index contributed by atoms with van der Waals surface area (Å²) < 4.78 is 37.3. The summed E-state index contributed by atoms with van der Waals surface area (Å²) in [6, 6.07) is 4.80. The Kier molecular flexibility index (Phi) is 4.11. The lowest BCUT2D eigenvalue weighted by Crippen LogP contribution is -2.31. The summed E-state index contributed by atoms with van der Waals surface area (Å²) in [5, 5.41) is 0. The maximum absolute atomic E-state index is 12.4. The third kappa shape index (κ3) is 3.74. The molecule has 1 rings (SSSR count). The molecule has 0 heterocycles. The number of alkyl halides is 3. The number of hydrogen-bond acceptors (Lipinski definition) is 2. The molecule has 4 N–H and O–H groups in total. The summed E-state index contributed by atoms with van der Waals surface area (Å²) in [6.07, 6.45) is -4.27. The highest BCUT2D eigenvalue weighted by Crippen LogP contribution is 2.29. The molecule has 3 nitrogen and oxygen atoms in total. The largest absolute Gasteiger partial charge is 0.416 e. The van der Waals surface area contributed by atoms with E-state index >= 15 is 0 Å². The van der Waals surface area contributed by atoms with Crippen LogP contribution in [0.1, 0.15) is 11.1 Å². The molecule has 0 radical (unpaired) electrons. The molecule has 0 aliphatic heterocycles. The normalized spacial score (nSPS) is 13.4. The van der Waals surface area contributed by atoms with Crippen molar-refractivity contribution in [3.8, 4) is 0 Å². The van der Waals surface area contributed by atoms with Crippen LogP contribution in [-0.2, 0) is 17.4 Å². The van der Waals surface area contributed by atoms with Crippen LogP contribution in [-0.4, -0.2) is 12.5 Å². The predicted octanol–water partition coefficient (Wildman–Crippen LogP) is 1.31. The van der Waals surface area contributed by atoms with Gasteiger partial charge in [0.15, 0.2) is 0 Å². The lowest BCUT2D eigenvalue weighted by Gasteiger charge is -2.12. The van der Waals surface area contributed by atoms with Crippen molar-refractivity contribution in [3.63, 3.8) is 0 Å². The summed E-state index contributed by atoms with van der Waals surface area (Å²) >= 11 is 0. The number of benzene rings is 1. The van der Waals surface area contributed by atoms with Gasteiger partial charge in [0, 0.05) is 6.54 Å². The maximum atomic E-state index is 12.4. The maximum Gasteiger partial charge on any atom is 0.416 e. The van der Waals surface area contributed by atoms with Crippen LogP contribution in [0.5, 0.6) is 0 Å². The van der Waals surface area contributed by atoms with Crippen molar-refractivity contribution in [1.29, 1.82) is 0 Å². The minimum Gasteiger partial charge on any atom is -0.369 e. The van der Waals surface area contributed by atoms with E-state index in [0.29, 0.717) is 5.56 Å². The minimum absolute atomic E-state index is 0.0194. The van der Waals surface area contributed by atoms with Crippen LogP contribution in [0.25, 0.3) is 0 Å². The molecule has 0 bridgehead atoms. The zero-order valence-electron chi connectivity index (χ0n) is 9.00. The van der Waals surface area contributed by atoms with E-state index in [9.17, 15) is 18.0 Å². The van der Waals surface area contributed by atoms with Gasteiger partial charge in [0.05, 0.1) is 11.5 Å². The Morgan fingerprint density at radius 2 is 2.00 bits per heavy atom. The first kappa shape index (κ1) is 13.5. The summed E-state index contributed by atoms with van der Waals surface area (Å²) in [5.41, 5.74) is 10.1. The molecule has 6 heteroatoms. The molecule has 0 saturated carbocycles. The van der Waals surface area contributed by atoms with Crippen LogP contribution >= 0.6 is 0 Å². The van der Waals surface area contributed by atoms with E-state index in [1.807, 2.05) is 0 Å². The molecular formula is C11H13F3N2O. The van der Waals surface area contributed by atoms with Gasteiger partial charge in [0.2, 0.25) is 5.91 Å². The van der Waals surface area contributed by atoms with Gasteiger partial charge < -0.3 is 11.5 Å². The van der Waals surface area contributed by atoms with Crippen LogP contribution in [0.4, 0.5) is 13.2 Å². The Hall–Kier alpha value is -1.56. The highest BCUT2D eigenvalue weighted by Gasteiger charge is 2.30. The smallest absolute Gasteiger partial charge is 0.369 e. The Morgan fingerprint density at radius 3 is 2.47 bits per heavy atom. The number of carbonyl (C=O) groups is 1. The number of carbonyl (C=O) groups excluding carboxylic acids is 1. The van der Waals surface area contributed by atoms with E-state index in [1.165, 1.54) is 12.1 Å². The van der Waals surface area contributed by atoms with Crippen LogP contribution in [0, 0.1) is 5.92 Å². The number of nitrogens with two attached hydrogens (primary N) is 2. The molecule has 1 aromatic carbocycles. The van der Waals surface area contributed by atoms with Crippen molar-refractivity contribution in [2.45, 2.75) is 12.6 Å². The minimum atomic E-state index is -4.39. The van der Waals surface area contributed by atoms with Crippen molar-refractivity contribution in [2.24, 2.45) is 17.4 Å². The molecule has 1 atom stereocenters. The molecule has 1 unspecified atom stereocenters. The Balaban J connectivity index is 2.89. The van der Waals surface area contributed by atoms with E-state index in [4.69, 9.17) is 11.5 Å². The van der Waals surface area contributed by atoms with Crippen molar-refractivity contribution < 1.29 is 18.0 Å². The van der Waals surface area contributed by atoms with Crippen molar-refractivity contribution >= 4 is 5.91 Å². The van der Waals surface area contributed by atoms with Crippen molar-refractivity contribution in [2.75, 3.05) is 6.54 Å². The summed E-state index contributed by atoms with van der Waals surface area (Å²) in [4.78, 5) is 10.9. The third-order valence-corrected chi connectivity index (χ3v) is 2.42. The fourth-order valence-electron chi connectivity index (χ4n) is 1.46. The van der Waals surface area contributed by atoms with Gasteiger partial charge in [-0.25, -0.2) is 0 Å². The second-order valence-corrected chi connectivity index (χ2v) is 3.74. The highest BCUT2D eigenvalue weighted by atomic mass is 19.4. The molecule has 0 spiro atoms. The molecule has 17 heavy (non-hydrogen) atoms. The lowest BCUT2D eigenvalue weighted by atomic mass is 9.97. The average Bonchev–Trinajstić information content (AvgIpc) is 2.24. The van der Waals surface area contributed by atoms with Crippen LogP contribution in [0.3, 0.4) is 0 Å². The Bertz CT molecular complexity index is 404. The molecule has 0 saturated heterocycles. The van der Waals surface area contributed by atoms with E-state index in [2.05, 4.69) is 0 Å². The fraction of sp³-hybridized carbons (Fsp3) is 0.364. The zero-order valence-corrected chi connectivity index (χ0v) is 9.00. The third-order valence-electron chi connectivity index (χ3n) is 2.42. The first-order valence-corrected chi connectivity index (χ1v) is 5.00. The van der Waals surface area contributed by atoms with Gasteiger partial charge in [-0.3, -0.25) is 4.79 Å². The number of primary amides is 1. The van der Waals surface area contributed by atoms with Gasteiger partial charge in [-0.2, -0.15) is 13.2 Å². The fourth-order valence-corrected chi connectivity index (χ4v) is 1.46. The summed E-state index contributed by atoms with van der Waals surface area (Å²) in [6.45, 7) is 0.0194. The predicted molar refractivity (Wildman–Crippen MR) is 56.9 cm³/mol. The van der Waals surface area contributed by atoms with E-state index in [1.54, 1.807) is 0 Å². The number of halogens is 3. The molecule has 1 aromatic rings. The number of amides is 1. The van der Waals surface area contributed by atoms with Crippen LogP contribution < -0.4 is 11.5 Å². The second kappa shape index (κ2) is 5.18. The second-order valence-electron chi connectivity index (χ2n) is 3.74. The molecule has 0 aliphatic rings. The van der Waals surface area contributed by atoms with Crippen molar-refractivity contribution in [3.05, 3.63) is 35.4 Å². The average molecular weight is 246 g/mol. The first-order chi connectivity index (χ1) is 7.84. The summed E-state index contributed by atoms with van der Waals surface area (Å²) in [7, 11) is 0. The van der Waals surface area contributed by atoms with Gasteiger partial charge in [-0.1, -0.05) is 18.2 Å².